The van der Waals surface area contributed by atoms with Gasteiger partial charge in [-0.15, -0.1) is 0 Å². The average Bonchev–Trinajstić information content (AvgIpc) is 2.44. The third-order valence-electron chi connectivity index (χ3n) is 3.29. The molecule has 1 fully saturated rings. The van der Waals surface area contributed by atoms with E-state index >= 15 is 0 Å². The third kappa shape index (κ3) is 3.32. The molecule has 1 heterocycles. The first-order valence-corrected chi connectivity index (χ1v) is 6.33. The number of rotatable bonds is 4. The van der Waals surface area contributed by atoms with Crippen molar-refractivity contribution in [1.82, 2.24) is 0 Å². The molecule has 5 heteroatoms. The quantitative estimate of drug-likeness (QED) is 0.840. The highest BCUT2D eigenvalue weighted by molar-refractivity contribution is 5.13. The van der Waals surface area contributed by atoms with Gasteiger partial charge in [0.25, 0.3) is 0 Å². The lowest BCUT2D eigenvalue weighted by Crippen LogP contribution is -2.57. The van der Waals surface area contributed by atoms with Gasteiger partial charge in [-0.25, -0.2) is 0 Å². The molecule has 0 bridgehead atoms. The molecular weight excluding hydrogens is 248 g/mol. The molecule has 106 valence electrons. The van der Waals surface area contributed by atoms with Gasteiger partial charge in [0.1, 0.15) is 18.3 Å². The zero-order chi connectivity index (χ0) is 13.8. The summed E-state index contributed by atoms with van der Waals surface area (Å²) in [6.45, 7) is 2.15. The molecule has 1 aromatic carbocycles. The SMILES string of the molecule is CO[C@@H]1O[C@H](C)[C@H](OCc2ccccc2)[C@@H](O)[C@H]1O. The standard InChI is InChI=1S/C14H20O5/c1-9-13(11(15)12(16)14(17-2)19-9)18-8-10-6-4-3-5-7-10/h3-7,9,11-16H,8H2,1-2H3/t9-,11+,12-,13+,14-/m1/s1. The van der Waals surface area contributed by atoms with Gasteiger partial charge in [-0.05, 0) is 12.5 Å². The van der Waals surface area contributed by atoms with E-state index in [0.717, 1.165) is 5.56 Å². The van der Waals surface area contributed by atoms with Crippen LogP contribution in [0.5, 0.6) is 0 Å². The smallest absolute Gasteiger partial charge is 0.186 e. The largest absolute Gasteiger partial charge is 0.387 e. The minimum absolute atomic E-state index is 0.355. The molecule has 0 amide bonds. The molecule has 2 N–H and O–H groups in total. The van der Waals surface area contributed by atoms with Crippen molar-refractivity contribution in [1.29, 1.82) is 0 Å². The van der Waals surface area contributed by atoms with Crippen LogP contribution in [-0.2, 0) is 20.8 Å². The van der Waals surface area contributed by atoms with Crippen LogP contribution in [0.4, 0.5) is 0 Å². The minimum Gasteiger partial charge on any atom is -0.387 e. The first kappa shape index (κ1) is 14.4. The van der Waals surface area contributed by atoms with Gasteiger partial charge >= 0.3 is 0 Å². The van der Waals surface area contributed by atoms with E-state index in [4.69, 9.17) is 14.2 Å². The van der Waals surface area contributed by atoms with Crippen LogP contribution in [0.3, 0.4) is 0 Å². The molecule has 5 atom stereocenters. The van der Waals surface area contributed by atoms with Gasteiger partial charge in [-0.2, -0.15) is 0 Å². The summed E-state index contributed by atoms with van der Waals surface area (Å²) in [7, 11) is 1.43. The topological polar surface area (TPSA) is 68.2 Å². The first-order chi connectivity index (χ1) is 9.13. The minimum atomic E-state index is -1.11. The van der Waals surface area contributed by atoms with E-state index in [1.54, 1.807) is 6.92 Å². The molecule has 1 saturated heterocycles. The van der Waals surface area contributed by atoms with E-state index in [1.807, 2.05) is 30.3 Å². The van der Waals surface area contributed by atoms with Crippen LogP contribution < -0.4 is 0 Å². The Hall–Kier alpha value is -0.980. The lowest BCUT2D eigenvalue weighted by molar-refractivity contribution is -0.294. The lowest BCUT2D eigenvalue weighted by atomic mass is 9.99. The highest BCUT2D eigenvalue weighted by Crippen LogP contribution is 2.24. The molecule has 0 unspecified atom stereocenters. The number of benzene rings is 1. The van der Waals surface area contributed by atoms with Crippen molar-refractivity contribution in [2.24, 2.45) is 0 Å². The van der Waals surface area contributed by atoms with Crippen LogP contribution in [0.2, 0.25) is 0 Å². The number of ether oxygens (including phenoxy) is 3. The van der Waals surface area contributed by atoms with E-state index in [-0.39, 0.29) is 6.10 Å². The monoisotopic (exact) mass is 268 g/mol. The number of aliphatic hydroxyl groups is 2. The fourth-order valence-corrected chi connectivity index (χ4v) is 2.20. The van der Waals surface area contributed by atoms with Gasteiger partial charge in [-0.1, -0.05) is 30.3 Å². The maximum absolute atomic E-state index is 10.1. The predicted octanol–water partition coefficient (Wildman–Crippen LogP) is 0.685. The zero-order valence-electron chi connectivity index (χ0n) is 11.1. The van der Waals surface area contributed by atoms with Crippen molar-refractivity contribution in [2.75, 3.05) is 7.11 Å². The normalized spacial score (nSPS) is 35.3. The average molecular weight is 268 g/mol. The molecular formula is C14H20O5. The van der Waals surface area contributed by atoms with Gasteiger partial charge < -0.3 is 24.4 Å². The molecule has 1 aliphatic heterocycles. The molecule has 0 aromatic heterocycles. The van der Waals surface area contributed by atoms with Gasteiger partial charge in [0.15, 0.2) is 6.29 Å². The van der Waals surface area contributed by atoms with Crippen LogP contribution in [0.1, 0.15) is 12.5 Å². The van der Waals surface area contributed by atoms with E-state index in [0.29, 0.717) is 6.61 Å². The zero-order valence-corrected chi connectivity index (χ0v) is 11.1. The number of methoxy groups -OCH3 is 1. The van der Waals surface area contributed by atoms with E-state index in [9.17, 15) is 10.2 Å². The van der Waals surface area contributed by atoms with Crippen LogP contribution in [-0.4, -0.2) is 48.0 Å². The highest BCUT2D eigenvalue weighted by Gasteiger charge is 2.43. The maximum atomic E-state index is 10.1. The van der Waals surface area contributed by atoms with Gasteiger partial charge in [0.2, 0.25) is 0 Å². The Morgan fingerprint density at radius 1 is 1.16 bits per heavy atom. The molecule has 1 aromatic rings. The van der Waals surface area contributed by atoms with Gasteiger partial charge in [0.05, 0.1) is 12.7 Å². The molecule has 2 rings (SSSR count). The summed E-state index contributed by atoms with van der Waals surface area (Å²) in [6, 6.07) is 9.65. The van der Waals surface area contributed by atoms with E-state index in [1.165, 1.54) is 7.11 Å². The number of hydrogen-bond donors (Lipinski definition) is 2. The molecule has 19 heavy (non-hydrogen) atoms. The van der Waals surface area contributed by atoms with Crippen LogP contribution in [0.15, 0.2) is 30.3 Å². The van der Waals surface area contributed by atoms with Gasteiger partial charge in [-0.3, -0.25) is 0 Å². The van der Waals surface area contributed by atoms with E-state index < -0.39 is 24.6 Å². The summed E-state index contributed by atoms with van der Waals surface area (Å²) in [5, 5.41) is 19.9. The highest BCUT2D eigenvalue weighted by atomic mass is 16.7. The van der Waals surface area contributed by atoms with Gasteiger partial charge in [0, 0.05) is 7.11 Å². The first-order valence-electron chi connectivity index (χ1n) is 6.33. The van der Waals surface area contributed by atoms with Crippen LogP contribution in [0, 0.1) is 0 Å². The van der Waals surface area contributed by atoms with Crippen molar-refractivity contribution >= 4 is 0 Å². The van der Waals surface area contributed by atoms with E-state index in [2.05, 4.69) is 0 Å². The molecule has 0 spiro atoms. The second kappa shape index (κ2) is 6.45. The maximum Gasteiger partial charge on any atom is 0.186 e. The summed E-state index contributed by atoms with van der Waals surface area (Å²) < 4.78 is 16.1. The van der Waals surface area contributed by atoms with Crippen molar-refractivity contribution < 1.29 is 24.4 Å². The second-order valence-corrected chi connectivity index (χ2v) is 4.69. The molecule has 1 aliphatic rings. The Kier molecular flexibility index (Phi) is 4.90. The van der Waals surface area contributed by atoms with Crippen LogP contribution >= 0.6 is 0 Å². The van der Waals surface area contributed by atoms with Crippen molar-refractivity contribution in [2.45, 2.75) is 44.2 Å². The van der Waals surface area contributed by atoms with Crippen molar-refractivity contribution in [3.05, 3.63) is 35.9 Å². The third-order valence-corrected chi connectivity index (χ3v) is 3.29. The summed E-state index contributed by atoms with van der Waals surface area (Å²) in [5.41, 5.74) is 1.00. The molecule has 0 radical (unpaired) electrons. The van der Waals surface area contributed by atoms with Crippen LogP contribution in [0.25, 0.3) is 0 Å². The predicted molar refractivity (Wildman–Crippen MR) is 68.4 cm³/mol. The Morgan fingerprint density at radius 3 is 2.47 bits per heavy atom. The molecule has 0 aliphatic carbocycles. The Labute approximate surface area is 112 Å². The summed E-state index contributed by atoms with van der Waals surface area (Å²) in [6.07, 6.45) is -3.89. The fourth-order valence-electron chi connectivity index (χ4n) is 2.20. The fraction of sp³-hybridized carbons (Fsp3) is 0.571. The Bertz CT molecular complexity index is 383. The second-order valence-electron chi connectivity index (χ2n) is 4.69. The lowest BCUT2D eigenvalue weighted by Gasteiger charge is -2.40. The molecule has 0 saturated carbocycles. The molecule has 5 nitrogen and oxygen atoms in total. The summed E-state index contributed by atoms with van der Waals surface area (Å²) in [5.74, 6) is 0. The number of aliphatic hydroxyl groups excluding tert-OH is 2. The Morgan fingerprint density at radius 2 is 1.84 bits per heavy atom. The summed E-state index contributed by atoms with van der Waals surface area (Å²) in [4.78, 5) is 0. The Balaban J connectivity index is 1.96. The van der Waals surface area contributed by atoms with Crippen molar-refractivity contribution in [3.8, 4) is 0 Å². The number of hydrogen-bond acceptors (Lipinski definition) is 5. The summed E-state index contributed by atoms with van der Waals surface area (Å²) >= 11 is 0. The van der Waals surface area contributed by atoms with Crippen molar-refractivity contribution in [3.63, 3.8) is 0 Å².